The van der Waals surface area contributed by atoms with Gasteiger partial charge in [-0.1, -0.05) is 12.1 Å². The molecule has 0 aliphatic carbocycles. The van der Waals surface area contributed by atoms with E-state index in [1.54, 1.807) is 0 Å². The lowest BCUT2D eigenvalue weighted by Crippen LogP contribution is -1.96. The van der Waals surface area contributed by atoms with Crippen LogP contribution < -0.4 is 0 Å². The van der Waals surface area contributed by atoms with Crippen molar-refractivity contribution in [3.05, 3.63) is 36.0 Å². The number of aryl methyl sites for hydroxylation is 1. The van der Waals surface area contributed by atoms with Crippen LogP contribution in [0, 0.1) is 0 Å². The van der Waals surface area contributed by atoms with Crippen molar-refractivity contribution in [2.24, 2.45) is 0 Å². The summed E-state index contributed by atoms with van der Waals surface area (Å²) in [5, 5.41) is 0.993. The summed E-state index contributed by atoms with van der Waals surface area (Å²) in [6, 6.07) is 7.65. The van der Waals surface area contributed by atoms with Gasteiger partial charge < -0.3 is 4.57 Å². The largest absolute Gasteiger partial charge is 0.346 e. The van der Waals surface area contributed by atoms with E-state index in [1.807, 2.05) is 30.5 Å². The average Bonchev–Trinajstić information content (AvgIpc) is 2.62. The first-order chi connectivity index (χ1) is 6.86. The van der Waals surface area contributed by atoms with Crippen molar-refractivity contribution >= 4 is 28.8 Å². The van der Waals surface area contributed by atoms with Gasteiger partial charge in [0, 0.05) is 35.1 Å². The van der Waals surface area contributed by atoms with E-state index < -0.39 is 0 Å². The van der Waals surface area contributed by atoms with Crippen molar-refractivity contribution in [1.82, 2.24) is 4.57 Å². The highest BCUT2D eigenvalue weighted by Gasteiger charge is 2.03. The van der Waals surface area contributed by atoms with E-state index in [9.17, 15) is 4.79 Å². The smallest absolute Gasteiger partial charge is 0.150 e. The van der Waals surface area contributed by atoms with Crippen LogP contribution in [0.3, 0.4) is 0 Å². The maximum absolute atomic E-state index is 10.8. The minimum atomic E-state index is 0.578. The van der Waals surface area contributed by atoms with Crippen LogP contribution >= 0.6 is 11.6 Å². The van der Waals surface area contributed by atoms with Gasteiger partial charge in [-0.3, -0.25) is 4.79 Å². The quantitative estimate of drug-likeness (QED) is 0.560. The van der Waals surface area contributed by atoms with Crippen LogP contribution in [-0.2, 0) is 6.54 Å². The predicted molar refractivity (Wildman–Crippen MR) is 58.0 cm³/mol. The van der Waals surface area contributed by atoms with Crippen molar-refractivity contribution in [2.45, 2.75) is 6.54 Å². The van der Waals surface area contributed by atoms with Crippen molar-refractivity contribution in [3.8, 4) is 0 Å². The summed E-state index contributed by atoms with van der Waals surface area (Å²) in [6.45, 7) is 0.771. The lowest BCUT2D eigenvalue weighted by molar-refractivity contribution is 0.112. The minimum Gasteiger partial charge on any atom is -0.346 e. The van der Waals surface area contributed by atoms with Gasteiger partial charge in [0.25, 0.3) is 0 Å². The van der Waals surface area contributed by atoms with Crippen molar-refractivity contribution in [1.29, 1.82) is 0 Å². The molecular formula is C11H10ClNO. The molecule has 3 heteroatoms. The van der Waals surface area contributed by atoms with E-state index in [4.69, 9.17) is 11.6 Å². The van der Waals surface area contributed by atoms with Gasteiger partial charge in [0.1, 0.15) is 0 Å². The standard InChI is InChI=1S/C11H10ClNO/c12-5-7-13-6-4-10-9(8-14)2-1-3-11(10)13/h1-4,6,8H,5,7H2. The summed E-state index contributed by atoms with van der Waals surface area (Å²) in [7, 11) is 0. The van der Waals surface area contributed by atoms with Crippen LogP contribution in [0.1, 0.15) is 10.4 Å². The molecule has 1 aromatic heterocycles. The molecule has 0 fully saturated rings. The van der Waals surface area contributed by atoms with Crippen molar-refractivity contribution in [2.75, 3.05) is 5.88 Å². The molecule has 2 aromatic rings. The number of hydrogen-bond donors (Lipinski definition) is 0. The Labute approximate surface area is 87.1 Å². The number of nitrogens with zero attached hydrogens (tertiary/aromatic N) is 1. The zero-order chi connectivity index (χ0) is 9.97. The molecular weight excluding hydrogens is 198 g/mol. The van der Waals surface area contributed by atoms with Gasteiger partial charge in [0.15, 0.2) is 6.29 Å². The molecule has 0 radical (unpaired) electrons. The molecule has 1 aromatic carbocycles. The van der Waals surface area contributed by atoms with Crippen LogP contribution in [0.5, 0.6) is 0 Å². The summed E-state index contributed by atoms with van der Waals surface area (Å²) < 4.78 is 2.05. The number of carbonyl (C=O) groups excluding carboxylic acids is 1. The zero-order valence-electron chi connectivity index (χ0n) is 7.61. The molecule has 0 bridgehead atoms. The third kappa shape index (κ3) is 1.42. The Hall–Kier alpha value is -1.28. The molecule has 0 amide bonds. The number of rotatable bonds is 3. The van der Waals surface area contributed by atoms with E-state index in [2.05, 4.69) is 4.57 Å². The molecule has 14 heavy (non-hydrogen) atoms. The van der Waals surface area contributed by atoms with Crippen LogP contribution in [0.4, 0.5) is 0 Å². The number of fused-ring (bicyclic) bond motifs is 1. The summed E-state index contributed by atoms with van der Waals surface area (Å²) >= 11 is 5.68. The predicted octanol–water partition coefficient (Wildman–Crippen LogP) is 2.69. The zero-order valence-corrected chi connectivity index (χ0v) is 8.37. The molecule has 2 rings (SSSR count). The SMILES string of the molecule is O=Cc1cccc2c1ccn2CCCl. The molecule has 2 nitrogen and oxygen atoms in total. The third-order valence-corrected chi connectivity index (χ3v) is 2.47. The monoisotopic (exact) mass is 207 g/mol. The molecule has 0 aliphatic heterocycles. The highest BCUT2D eigenvalue weighted by molar-refractivity contribution is 6.17. The highest BCUT2D eigenvalue weighted by atomic mass is 35.5. The van der Waals surface area contributed by atoms with E-state index >= 15 is 0 Å². The Morgan fingerprint density at radius 3 is 2.93 bits per heavy atom. The van der Waals surface area contributed by atoms with Crippen LogP contribution in [0.2, 0.25) is 0 Å². The number of alkyl halides is 1. The summed E-state index contributed by atoms with van der Waals surface area (Å²) in [6.07, 6.45) is 2.84. The number of halogens is 1. The second-order valence-electron chi connectivity index (χ2n) is 3.10. The molecule has 0 unspecified atom stereocenters. The fourth-order valence-corrected chi connectivity index (χ4v) is 1.82. The Balaban J connectivity index is 2.63. The molecule has 1 heterocycles. The Bertz CT molecular complexity index is 461. The van der Waals surface area contributed by atoms with Gasteiger partial charge in [-0.05, 0) is 12.1 Å². The Morgan fingerprint density at radius 1 is 1.36 bits per heavy atom. The first kappa shape index (κ1) is 9.28. The average molecular weight is 208 g/mol. The molecule has 72 valence electrons. The van der Waals surface area contributed by atoms with Crippen LogP contribution in [0.15, 0.2) is 30.5 Å². The lowest BCUT2D eigenvalue weighted by Gasteiger charge is -2.01. The van der Waals surface area contributed by atoms with Gasteiger partial charge in [-0.25, -0.2) is 0 Å². The molecule has 0 aliphatic rings. The minimum absolute atomic E-state index is 0.578. The fraction of sp³-hybridized carbons (Fsp3) is 0.182. The van der Waals surface area contributed by atoms with E-state index in [0.29, 0.717) is 5.88 Å². The van der Waals surface area contributed by atoms with Gasteiger partial charge in [0.05, 0.1) is 0 Å². The number of aromatic nitrogens is 1. The first-order valence-electron chi connectivity index (χ1n) is 4.46. The lowest BCUT2D eigenvalue weighted by atomic mass is 10.1. The van der Waals surface area contributed by atoms with Gasteiger partial charge in [-0.2, -0.15) is 0 Å². The van der Waals surface area contributed by atoms with E-state index in [-0.39, 0.29) is 0 Å². The number of aldehydes is 1. The molecule has 0 saturated carbocycles. The molecule has 0 atom stereocenters. The van der Waals surface area contributed by atoms with Crippen LogP contribution in [0.25, 0.3) is 10.9 Å². The Kier molecular flexibility index (Phi) is 2.55. The maximum atomic E-state index is 10.8. The normalized spacial score (nSPS) is 10.6. The number of carbonyl (C=O) groups is 1. The van der Waals surface area contributed by atoms with Gasteiger partial charge >= 0.3 is 0 Å². The summed E-state index contributed by atoms with van der Waals surface area (Å²) in [5.41, 5.74) is 1.80. The molecule has 0 saturated heterocycles. The molecule has 0 N–H and O–H groups in total. The van der Waals surface area contributed by atoms with Gasteiger partial charge in [-0.15, -0.1) is 11.6 Å². The van der Waals surface area contributed by atoms with E-state index in [1.165, 1.54) is 0 Å². The third-order valence-electron chi connectivity index (χ3n) is 2.30. The van der Waals surface area contributed by atoms with Crippen LogP contribution in [-0.4, -0.2) is 16.7 Å². The van der Waals surface area contributed by atoms with Gasteiger partial charge in [0.2, 0.25) is 0 Å². The second-order valence-corrected chi connectivity index (χ2v) is 3.47. The topological polar surface area (TPSA) is 22.0 Å². The second kappa shape index (κ2) is 3.84. The van der Waals surface area contributed by atoms with Crippen molar-refractivity contribution < 1.29 is 4.79 Å². The molecule has 0 spiro atoms. The summed E-state index contributed by atoms with van der Waals surface area (Å²) in [5.74, 6) is 0.578. The highest BCUT2D eigenvalue weighted by Crippen LogP contribution is 2.18. The van der Waals surface area contributed by atoms with E-state index in [0.717, 1.165) is 29.3 Å². The number of benzene rings is 1. The first-order valence-corrected chi connectivity index (χ1v) is 4.99. The summed E-state index contributed by atoms with van der Waals surface area (Å²) in [4.78, 5) is 10.8. The maximum Gasteiger partial charge on any atom is 0.150 e. The van der Waals surface area contributed by atoms with Crippen molar-refractivity contribution in [3.63, 3.8) is 0 Å². The fourth-order valence-electron chi connectivity index (χ4n) is 1.64. The number of hydrogen-bond acceptors (Lipinski definition) is 1. The Morgan fingerprint density at radius 2 is 2.21 bits per heavy atom.